The largest absolute Gasteiger partial charge is 0.135 e. The number of thiophene rings is 1. The Balaban J connectivity index is 1.04. The SMILES string of the molecule is c1cc(-c2ccc3c(c2)sc2cc(-c4cccc5cc6c(ccc7ccccc76)cc45)ccc23)c2cc3ccc4ccccc4c3cc2c1. The Hall–Kier alpha value is -6.02. The topological polar surface area (TPSA) is 0 Å². The van der Waals surface area contributed by atoms with Gasteiger partial charge in [-0.15, -0.1) is 11.3 Å². The van der Waals surface area contributed by atoms with E-state index in [2.05, 4.69) is 170 Å². The van der Waals surface area contributed by atoms with Gasteiger partial charge < -0.3 is 0 Å². The van der Waals surface area contributed by atoms with Gasteiger partial charge in [0.15, 0.2) is 0 Å². The molecule has 1 heteroatoms. The number of hydrogen-bond acceptors (Lipinski definition) is 1. The first-order valence-electron chi connectivity index (χ1n) is 16.9. The molecule has 1 aromatic heterocycles. The van der Waals surface area contributed by atoms with Crippen LogP contribution >= 0.6 is 11.3 Å². The van der Waals surface area contributed by atoms with Gasteiger partial charge in [0.05, 0.1) is 0 Å². The smallest absolute Gasteiger partial charge is 0.0361 e. The van der Waals surface area contributed by atoms with E-state index in [1.54, 1.807) is 0 Å². The highest BCUT2D eigenvalue weighted by atomic mass is 32.1. The number of fused-ring (bicyclic) bond motifs is 11. The molecule has 10 aromatic carbocycles. The first-order valence-corrected chi connectivity index (χ1v) is 17.7. The van der Waals surface area contributed by atoms with E-state index in [0.29, 0.717) is 0 Å². The molecule has 0 aliphatic rings. The van der Waals surface area contributed by atoms with E-state index >= 15 is 0 Å². The van der Waals surface area contributed by atoms with Crippen LogP contribution in [0.3, 0.4) is 0 Å². The van der Waals surface area contributed by atoms with Crippen LogP contribution < -0.4 is 0 Å². The summed E-state index contributed by atoms with van der Waals surface area (Å²) >= 11 is 1.90. The van der Waals surface area contributed by atoms with Crippen molar-refractivity contribution in [2.45, 2.75) is 0 Å². The summed E-state index contributed by atoms with van der Waals surface area (Å²) in [5, 5.41) is 18.2. The van der Waals surface area contributed by atoms with Crippen LogP contribution in [0.2, 0.25) is 0 Å². The van der Waals surface area contributed by atoms with E-state index in [-0.39, 0.29) is 0 Å². The Morgan fingerprint density at radius 2 is 0.653 bits per heavy atom. The molecule has 0 saturated heterocycles. The van der Waals surface area contributed by atoms with Gasteiger partial charge in [0.25, 0.3) is 0 Å². The Labute approximate surface area is 287 Å². The van der Waals surface area contributed by atoms with E-state index in [0.717, 1.165) is 0 Å². The Bertz CT molecular complexity index is 2950. The zero-order valence-electron chi connectivity index (χ0n) is 26.6. The van der Waals surface area contributed by atoms with Crippen molar-refractivity contribution in [3.05, 3.63) is 170 Å². The molecule has 11 rings (SSSR count). The highest BCUT2D eigenvalue weighted by Gasteiger charge is 2.13. The van der Waals surface area contributed by atoms with Gasteiger partial charge in [-0.3, -0.25) is 0 Å². The molecule has 0 amide bonds. The summed E-state index contributed by atoms with van der Waals surface area (Å²) < 4.78 is 2.65. The fraction of sp³-hybridized carbons (Fsp3) is 0. The monoisotopic (exact) mass is 636 g/mol. The first kappa shape index (κ1) is 27.0. The van der Waals surface area contributed by atoms with Crippen molar-refractivity contribution in [1.29, 1.82) is 0 Å². The standard InChI is InChI=1S/C48H28S/c1-3-11-37-29(7-1)15-17-33-25-43-31(23-45(33)37)9-5-13-39(43)35-19-21-41-42-22-20-36(28-48(42)49-47(41)27-35)40-14-6-10-32-24-46-34(26-44(32)40)18-16-30-8-2-4-12-38(30)46/h1-28H. The third kappa shape index (κ3) is 4.10. The second-order valence-electron chi connectivity index (χ2n) is 13.3. The molecule has 49 heavy (non-hydrogen) atoms. The van der Waals surface area contributed by atoms with Gasteiger partial charge in [-0.1, -0.05) is 133 Å². The summed E-state index contributed by atoms with van der Waals surface area (Å²) in [5.74, 6) is 0. The molecule has 0 atom stereocenters. The third-order valence-corrected chi connectivity index (χ3v) is 11.7. The fourth-order valence-corrected chi connectivity index (χ4v) is 9.36. The summed E-state index contributed by atoms with van der Waals surface area (Å²) in [7, 11) is 0. The van der Waals surface area contributed by atoms with Crippen molar-refractivity contribution in [3.63, 3.8) is 0 Å². The molecule has 0 aliphatic carbocycles. The lowest BCUT2D eigenvalue weighted by molar-refractivity contribution is 1.71. The molecule has 11 aromatic rings. The molecular weight excluding hydrogens is 609 g/mol. The maximum Gasteiger partial charge on any atom is 0.0361 e. The van der Waals surface area contributed by atoms with Gasteiger partial charge in [-0.25, -0.2) is 0 Å². The molecule has 0 aliphatic heterocycles. The molecule has 0 saturated carbocycles. The number of hydrogen-bond donors (Lipinski definition) is 0. The van der Waals surface area contributed by atoms with E-state index in [4.69, 9.17) is 0 Å². The molecular formula is C48H28S. The molecule has 0 fully saturated rings. The van der Waals surface area contributed by atoms with Crippen molar-refractivity contribution >= 4 is 96.1 Å². The average Bonchev–Trinajstić information content (AvgIpc) is 3.53. The minimum atomic E-state index is 1.26. The normalized spacial score (nSPS) is 12.1. The summed E-state index contributed by atoms with van der Waals surface area (Å²) in [6, 6.07) is 63.4. The van der Waals surface area contributed by atoms with Gasteiger partial charge in [-0.2, -0.15) is 0 Å². The maximum absolute atomic E-state index is 2.40. The van der Waals surface area contributed by atoms with Crippen LogP contribution in [0, 0.1) is 0 Å². The second kappa shape index (κ2) is 10.2. The fourth-order valence-electron chi connectivity index (χ4n) is 8.18. The average molecular weight is 637 g/mol. The Morgan fingerprint density at radius 3 is 1.16 bits per heavy atom. The summed E-state index contributed by atoms with van der Waals surface area (Å²) in [4.78, 5) is 0. The lowest BCUT2D eigenvalue weighted by atomic mass is 9.93. The van der Waals surface area contributed by atoms with Gasteiger partial charge in [0, 0.05) is 20.2 Å². The maximum atomic E-state index is 2.40. The minimum Gasteiger partial charge on any atom is -0.135 e. The van der Waals surface area contributed by atoms with Gasteiger partial charge >= 0.3 is 0 Å². The highest BCUT2D eigenvalue weighted by molar-refractivity contribution is 7.25. The van der Waals surface area contributed by atoms with Crippen LogP contribution in [0.4, 0.5) is 0 Å². The van der Waals surface area contributed by atoms with Gasteiger partial charge in [0.2, 0.25) is 0 Å². The lowest BCUT2D eigenvalue weighted by Crippen LogP contribution is -1.84. The van der Waals surface area contributed by atoms with Crippen LogP contribution in [-0.2, 0) is 0 Å². The van der Waals surface area contributed by atoms with Crippen LogP contribution in [0.15, 0.2) is 170 Å². The third-order valence-electron chi connectivity index (χ3n) is 10.6. The second-order valence-corrected chi connectivity index (χ2v) is 14.4. The quantitative estimate of drug-likeness (QED) is 0.131. The summed E-state index contributed by atoms with van der Waals surface area (Å²) in [6.45, 7) is 0. The van der Waals surface area contributed by atoms with Crippen molar-refractivity contribution in [2.24, 2.45) is 0 Å². The zero-order valence-corrected chi connectivity index (χ0v) is 27.4. The highest BCUT2D eigenvalue weighted by Crippen LogP contribution is 2.42. The molecule has 226 valence electrons. The first-order chi connectivity index (χ1) is 24.2. The van der Waals surface area contributed by atoms with E-state index in [1.807, 2.05) is 11.3 Å². The predicted molar refractivity (Wildman–Crippen MR) is 215 cm³/mol. The molecule has 0 radical (unpaired) electrons. The van der Waals surface area contributed by atoms with E-state index < -0.39 is 0 Å². The summed E-state index contributed by atoms with van der Waals surface area (Å²) in [5.41, 5.74) is 5.09. The van der Waals surface area contributed by atoms with E-state index in [9.17, 15) is 0 Å². The molecule has 0 N–H and O–H groups in total. The van der Waals surface area contributed by atoms with Crippen LogP contribution in [-0.4, -0.2) is 0 Å². The lowest BCUT2D eigenvalue weighted by Gasteiger charge is -2.11. The minimum absolute atomic E-state index is 1.26. The molecule has 1 heterocycles. The zero-order chi connectivity index (χ0) is 32.1. The van der Waals surface area contributed by atoms with Crippen LogP contribution in [0.25, 0.3) is 107 Å². The van der Waals surface area contributed by atoms with Crippen molar-refractivity contribution in [1.82, 2.24) is 0 Å². The van der Waals surface area contributed by atoms with Gasteiger partial charge in [-0.05, 0) is 123 Å². The number of rotatable bonds is 2. The van der Waals surface area contributed by atoms with Crippen molar-refractivity contribution in [3.8, 4) is 22.3 Å². The molecule has 0 spiro atoms. The van der Waals surface area contributed by atoms with Crippen LogP contribution in [0.1, 0.15) is 0 Å². The Morgan fingerprint density at radius 1 is 0.245 bits per heavy atom. The Kier molecular flexibility index (Phi) is 5.64. The molecule has 0 nitrogen and oxygen atoms in total. The van der Waals surface area contributed by atoms with Crippen molar-refractivity contribution < 1.29 is 0 Å². The molecule has 0 bridgehead atoms. The number of benzene rings is 10. The van der Waals surface area contributed by atoms with E-state index in [1.165, 1.54) is 107 Å². The summed E-state index contributed by atoms with van der Waals surface area (Å²) in [6.07, 6.45) is 0. The van der Waals surface area contributed by atoms with Crippen molar-refractivity contribution in [2.75, 3.05) is 0 Å². The van der Waals surface area contributed by atoms with Crippen LogP contribution in [0.5, 0.6) is 0 Å². The molecule has 0 unspecified atom stereocenters. The van der Waals surface area contributed by atoms with Gasteiger partial charge in [0.1, 0.15) is 0 Å². The predicted octanol–water partition coefficient (Wildman–Crippen LogP) is 14.3.